The molecular weight excluding hydrogens is 454 g/mol. The second-order valence-electron chi connectivity index (χ2n) is 7.41. The largest absolute Gasteiger partial charge is 0.506 e. The highest BCUT2D eigenvalue weighted by molar-refractivity contribution is 7.16. The lowest BCUT2D eigenvalue weighted by atomic mass is 10.1. The van der Waals surface area contributed by atoms with Crippen LogP contribution in [-0.4, -0.2) is 77.5 Å². The number of aromatic nitrogens is 1. The summed E-state index contributed by atoms with van der Waals surface area (Å²) in [5.74, 6) is -2.69. The summed E-state index contributed by atoms with van der Waals surface area (Å²) in [5.41, 5.74) is 1.33. The number of aromatic amines is 1. The van der Waals surface area contributed by atoms with Crippen molar-refractivity contribution in [2.75, 3.05) is 32.8 Å². The number of carbonyl (C=O) groups excluding carboxylic acids is 3. The van der Waals surface area contributed by atoms with Crippen LogP contribution in [0.5, 0.6) is 5.75 Å². The van der Waals surface area contributed by atoms with Crippen LogP contribution in [0.15, 0.2) is 16.9 Å². The van der Waals surface area contributed by atoms with Gasteiger partial charge in [-0.25, -0.2) is 0 Å². The fraction of sp³-hybridized carbons (Fsp3) is 0.524. The Balaban J connectivity index is 1.95. The molecule has 12 heteroatoms. The van der Waals surface area contributed by atoms with Crippen LogP contribution >= 0.6 is 11.3 Å². The highest BCUT2D eigenvalue weighted by Gasteiger charge is 2.41. The Morgan fingerprint density at radius 3 is 2.58 bits per heavy atom. The Morgan fingerprint density at radius 1 is 1.18 bits per heavy atom. The molecule has 33 heavy (non-hydrogen) atoms. The number of carbonyl (C=O) groups is 3. The highest BCUT2D eigenvalue weighted by atomic mass is 32.1. The Bertz CT molecular complexity index is 980. The van der Waals surface area contributed by atoms with Crippen molar-refractivity contribution in [3.63, 3.8) is 0 Å². The summed E-state index contributed by atoms with van der Waals surface area (Å²) in [6, 6.07) is 3.30. The smallest absolute Gasteiger partial charge is 0.333 e. The number of phenols is 1. The highest BCUT2D eigenvalue weighted by Crippen LogP contribution is 2.27. The fourth-order valence-corrected chi connectivity index (χ4v) is 4.23. The normalized spacial score (nSPS) is 11.3. The van der Waals surface area contributed by atoms with Crippen molar-refractivity contribution < 1.29 is 34.1 Å². The Kier molecular flexibility index (Phi) is 10.3. The van der Waals surface area contributed by atoms with Crippen molar-refractivity contribution in [1.29, 1.82) is 0 Å². The van der Waals surface area contributed by atoms with Crippen LogP contribution in [0.2, 0.25) is 0 Å². The van der Waals surface area contributed by atoms with Gasteiger partial charge in [-0.15, -0.1) is 0 Å². The molecule has 0 aliphatic heterocycles. The van der Waals surface area contributed by atoms with E-state index in [9.17, 15) is 24.3 Å². The van der Waals surface area contributed by atoms with Crippen LogP contribution in [0, 0.1) is 0 Å². The van der Waals surface area contributed by atoms with Crippen molar-refractivity contribution in [3.05, 3.63) is 27.4 Å². The quantitative estimate of drug-likeness (QED) is 0.151. The van der Waals surface area contributed by atoms with E-state index in [0.29, 0.717) is 55.5 Å². The predicted octanol–water partition coefficient (Wildman–Crippen LogP) is 0.481. The third-order valence-electron chi connectivity index (χ3n) is 5.08. The number of thiazole rings is 1. The number of hydrogen-bond acceptors (Lipinski definition) is 10. The number of amides is 1. The first kappa shape index (κ1) is 26.3. The molecule has 2 rings (SSSR count). The number of aromatic hydroxyl groups is 1. The van der Waals surface area contributed by atoms with Crippen LogP contribution in [0.3, 0.4) is 0 Å². The van der Waals surface area contributed by atoms with Crippen molar-refractivity contribution in [2.24, 2.45) is 0 Å². The van der Waals surface area contributed by atoms with Gasteiger partial charge in [-0.2, -0.15) is 0 Å². The lowest BCUT2D eigenvalue weighted by molar-refractivity contribution is -0.213. The van der Waals surface area contributed by atoms with Crippen molar-refractivity contribution in [3.8, 4) is 5.75 Å². The molecule has 0 unspecified atom stereocenters. The van der Waals surface area contributed by atoms with Crippen LogP contribution in [0.25, 0.3) is 10.2 Å². The molecule has 182 valence electrons. The van der Waals surface area contributed by atoms with E-state index in [4.69, 9.17) is 14.6 Å². The Labute approximate surface area is 194 Å². The number of nitrogens with one attached hydrogen (secondary N) is 2. The molecule has 0 spiro atoms. The third kappa shape index (κ3) is 7.27. The van der Waals surface area contributed by atoms with Crippen LogP contribution in [-0.2, 0) is 30.3 Å². The van der Waals surface area contributed by atoms with Crippen LogP contribution < -0.4 is 10.2 Å². The average molecular weight is 484 g/mol. The lowest BCUT2D eigenvalue weighted by Crippen LogP contribution is -2.52. The maximum Gasteiger partial charge on any atom is 0.333 e. The number of aliphatic hydroxyl groups is 1. The molecule has 0 aliphatic carbocycles. The summed E-state index contributed by atoms with van der Waals surface area (Å²) < 4.78 is 10.2. The number of rotatable bonds is 16. The molecule has 1 aromatic heterocycles. The van der Waals surface area contributed by atoms with Gasteiger partial charge in [-0.05, 0) is 43.9 Å². The SMILES string of the molecule is CC(OC=O)(OC=O)C(=O)N(CCCCCO)CCNCCc1ccc(O)c2[nH]c(=O)sc12. The first-order valence-electron chi connectivity index (χ1n) is 10.5. The molecule has 1 amide bonds. The van der Waals surface area contributed by atoms with E-state index in [2.05, 4.69) is 10.3 Å². The minimum Gasteiger partial charge on any atom is -0.506 e. The molecule has 2 aromatic rings. The van der Waals surface area contributed by atoms with E-state index in [1.165, 1.54) is 17.9 Å². The molecule has 0 bridgehead atoms. The number of unbranched alkanes of at least 4 members (excludes halogenated alkanes) is 2. The molecule has 4 N–H and O–H groups in total. The van der Waals surface area contributed by atoms with Gasteiger partial charge in [0.15, 0.2) is 0 Å². The zero-order valence-corrected chi connectivity index (χ0v) is 19.2. The summed E-state index contributed by atoms with van der Waals surface area (Å²) in [6.45, 7) is 2.91. The van der Waals surface area contributed by atoms with Gasteiger partial charge in [-0.3, -0.25) is 19.2 Å². The molecule has 1 aromatic carbocycles. The van der Waals surface area contributed by atoms with E-state index in [1.54, 1.807) is 6.07 Å². The molecule has 11 nitrogen and oxygen atoms in total. The minimum atomic E-state index is -2.05. The van der Waals surface area contributed by atoms with Gasteiger partial charge >= 0.3 is 16.6 Å². The molecular formula is C21H29N3O8S. The fourth-order valence-electron chi connectivity index (χ4n) is 3.34. The number of aliphatic hydroxyl groups excluding tert-OH is 1. The first-order valence-corrected chi connectivity index (χ1v) is 11.4. The van der Waals surface area contributed by atoms with E-state index in [1.807, 2.05) is 0 Å². The molecule has 0 saturated carbocycles. The average Bonchev–Trinajstić information content (AvgIpc) is 3.19. The summed E-state index contributed by atoms with van der Waals surface area (Å²) in [6.07, 6.45) is 2.50. The number of fused-ring (bicyclic) bond motifs is 1. The van der Waals surface area contributed by atoms with Gasteiger partial charge in [0.05, 0.1) is 4.70 Å². The number of hydrogen-bond donors (Lipinski definition) is 4. The van der Waals surface area contributed by atoms with Gasteiger partial charge in [-0.1, -0.05) is 17.4 Å². The molecule has 0 atom stereocenters. The number of ether oxygens (including phenoxy) is 2. The molecule has 0 aliphatic rings. The minimum absolute atomic E-state index is 0.0218. The zero-order valence-electron chi connectivity index (χ0n) is 18.4. The maximum absolute atomic E-state index is 12.9. The van der Waals surface area contributed by atoms with Crippen molar-refractivity contribution >= 4 is 40.4 Å². The van der Waals surface area contributed by atoms with Crippen molar-refractivity contribution in [2.45, 2.75) is 38.4 Å². The van der Waals surface area contributed by atoms with Gasteiger partial charge in [0.2, 0.25) is 0 Å². The maximum atomic E-state index is 12.9. The second kappa shape index (κ2) is 12.9. The van der Waals surface area contributed by atoms with Crippen molar-refractivity contribution in [1.82, 2.24) is 15.2 Å². The van der Waals surface area contributed by atoms with E-state index in [-0.39, 0.29) is 36.7 Å². The first-order chi connectivity index (χ1) is 15.9. The Morgan fingerprint density at radius 2 is 1.91 bits per heavy atom. The van der Waals surface area contributed by atoms with E-state index < -0.39 is 11.7 Å². The van der Waals surface area contributed by atoms with E-state index in [0.717, 1.165) is 16.9 Å². The Hall–Kier alpha value is -2.96. The lowest BCUT2D eigenvalue weighted by Gasteiger charge is -2.31. The van der Waals surface area contributed by atoms with Gasteiger partial charge < -0.3 is 34.9 Å². The summed E-state index contributed by atoms with van der Waals surface area (Å²) in [5, 5.41) is 22.1. The summed E-state index contributed by atoms with van der Waals surface area (Å²) >= 11 is 1.04. The standard InChI is InChI=1S/C21H29N3O8S/c1-21(31-13-26,32-14-27)19(29)24(10-3-2-4-12-25)11-9-22-8-7-15-5-6-16(28)17-18(15)33-20(30)23-17/h5-6,13-14,22,25,28H,2-4,7-12H2,1H3,(H,23,30). The third-order valence-corrected chi connectivity index (χ3v) is 6.03. The molecule has 0 saturated heterocycles. The molecule has 0 radical (unpaired) electrons. The number of phenolic OH excluding ortho intramolecular Hbond substituents is 1. The van der Waals surface area contributed by atoms with Gasteiger partial charge in [0, 0.05) is 33.2 Å². The van der Waals surface area contributed by atoms with E-state index >= 15 is 0 Å². The topological polar surface area (TPSA) is 158 Å². The number of nitrogens with zero attached hydrogens (tertiary/aromatic N) is 1. The number of benzene rings is 1. The zero-order chi connectivity index (χ0) is 24.3. The predicted molar refractivity (Wildman–Crippen MR) is 121 cm³/mol. The van der Waals surface area contributed by atoms with Crippen LogP contribution in [0.4, 0.5) is 0 Å². The monoisotopic (exact) mass is 483 g/mol. The summed E-state index contributed by atoms with van der Waals surface area (Å²) in [4.78, 5) is 50.0. The second-order valence-corrected chi connectivity index (χ2v) is 8.40. The summed E-state index contributed by atoms with van der Waals surface area (Å²) in [7, 11) is 0. The van der Waals surface area contributed by atoms with Gasteiger partial charge in [0.1, 0.15) is 11.3 Å². The number of H-pyrrole nitrogens is 1. The molecule has 1 heterocycles. The molecule has 0 fully saturated rings. The van der Waals surface area contributed by atoms with Crippen LogP contribution in [0.1, 0.15) is 31.7 Å². The van der Waals surface area contributed by atoms with Gasteiger partial charge in [0.25, 0.3) is 12.9 Å².